The van der Waals surface area contributed by atoms with Crippen LogP contribution in [0.4, 0.5) is 5.69 Å². The van der Waals surface area contributed by atoms with Gasteiger partial charge in [0.2, 0.25) is 10.0 Å². The summed E-state index contributed by atoms with van der Waals surface area (Å²) < 4.78 is 32.1. The smallest absolute Gasteiger partial charge is 0.240 e. The maximum Gasteiger partial charge on any atom is 0.240 e. The summed E-state index contributed by atoms with van der Waals surface area (Å²) in [5, 5.41) is 9.84. The highest BCUT2D eigenvalue weighted by Crippen LogP contribution is 2.25. The molecule has 0 aromatic heterocycles. The Balaban J connectivity index is 2.19. The van der Waals surface area contributed by atoms with Crippen molar-refractivity contribution in [2.75, 3.05) is 12.8 Å². The molecule has 0 aliphatic heterocycles. The molecule has 1 aromatic carbocycles. The first-order valence-corrected chi connectivity index (χ1v) is 8.06. The Morgan fingerprint density at radius 2 is 2.05 bits per heavy atom. The van der Waals surface area contributed by atoms with Gasteiger partial charge < -0.3 is 15.6 Å². The van der Waals surface area contributed by atoms with E-state index in [9.17, 15) is 13.5 Å². The van der Waals surface area contributed by atoms with E-state index >= 15 is 0 Å². The molecule has 0 saturated heterocycles. The van der Waals surface area contributed by atoms with Gasteiger partial charge in [-0.3, -0.25) is 0 Å². The molecular formula is C13H20N2O4S. The number of nitrogen functional groups attached to an aromatic ring is 1. The quantitative estimate of drug-likeness (QED) is 0.716. The molecule has 0 amide bonds. The number of anilines is 1. The van der Waals surface area contributed by atoms with Crippen LogP contribution in [0.15, 0.2) is 23.1 Å². The van der Waals surface area contributed by atoms with E-state index in [4.69, 9.17) is 10.5 Å². The van der Waals surface area contributed by atoms with Crippen molar-refractivity contribution in [2.24, 2.45) is 0 Å². The Hall–Kier alpha value is -1.31. The van der Waals surface area contributed by atoms with Crippen molar-refractivity contribution in [2.45, 2.75) is 42.7 Å². The van der Waals surface area contributed by atoms with E-state index in [-0.39, 0.29) is 10.6 Å². The fourth-order valence-corrected chi connectivity index (χ4v) is 3.73. The maximum atomic E-state index is 12.3. The van der Waals surface area contributed by atoms with E-state index in [1.807, 2.05) is 0 Å². The van der Waals surface area contributed by atoms with Gasteiger partial charge >= 0.3 is 0 Å². The molecule has 0 heterocycles. The van der Waals surface area contributed by atoms with Crippen molar-refractivity contribution in [1.29, 1.82) is 0 Å². The lowest BCUT2D eigenvalue weighted by molar-refractivity contribution is 0.101. The summed E-state index contributed by atoms with van der Waals surface area (Å²) >= 11 is 0. The molecule has 7 heteroatoms. The predicted molar refractivity (Wildman–Crippen MR) is 76.0 cm³/mol. The molecule has 2 rings (SSSR count). The van der Waals surface area contributed by atoms with Crippen LogP contribution in [0.3, 0.4) is 0 Å². The van der Waals surface area contributed by atoms with Gasteiger partial charge in [-0.15, -0.1) is 0 Å². The van der Waals surface area contributed by atoms with Gasteiger partial charge in [0.1, 0.15) is 5.75 Å². The minimum absolute atomic E-state index is 0.0774. The summed E-state index contributed by atoms with van der Waals surface area (Å²) in [6.07, 6.45) is 2.47. The van der Waals surface area contributed by atoms with Crippen LogP contribution in [0.5, 0.6) is 5.75 Å². The van der Waals surface area contributed by atoms with Crippen molar-refractivity contribution < 1.29 is 18.3 Å². The zero-order chi connectivity index (χ0) is 14.8. The van der Waals surface area contributed by atoms with Gasteiger partial charge in [0.25, 0.3) is 0 Å². The number of hydrogen-bond donors (Lipinski definition) is 3. The van der Waals surface area contributed by atoms with Crippen LogP contribution in [0.1, 0.15) is 25.7 Å². The van der Waals surface area contributed by atoms with E-state index in [0.717, 1.165) is 12.8 Å². The lowest BCUT2D eigenvalue weighted by atomic mass is 9.93. The second kappa shape index (κ2) is 5.99. The molecular weight excluding hydrogens is 280 g/mol. The largest absolute Gasteiger partial charge is 0.495 e. The van der Waals surface area contributed by atoms with E-state index in [2.05, 4.69) is 4.72 Å². The van der Waals surface area contributed by atoms with Gasteiger partial charge in [-0.05, 0) is 31.0 Å². The first-order chi connectivity index (χ1) is 9.44. The molecule has 2 unspecified atom stereocenters. The zero-order valence-electron chi connectivity index (χ0n) is 11.4. The summed E-state index contributed by atoms with van der Waals surface area (Å²) in [6.45, 7) is 0. The first kappa shape index (κ1) is 15.1. The summed E-state index contributed by atoms with van der Waals surface area (Å²) in [5.74, 6) is 0.432. The van der Waals surface area contributed by atoms with Gasteiger partial charge in [-0.2, -0.15) is 0 Å². The topological polar surface area (TPSA) is 102 Å². The number of nitrogens with two attached hydrogens (primary N) is 1. The highest BCUT2D eigenvalue weighted by Gasteiger charge is 2.28. The summed E-state index contributed by atoms with van der Waals surface area (Å²) in [5.41, 5.74) is 5.99. The summed E-state index contributed by atoms with van der Waals surface area (Å²) in [7, 11) is -2.22. The van der Waals surface area contributed by atoms with Crippen LogP contribution in [0.25, 0.3) is 0 Å². The lowest BCUT2D eigenvalue weighted by Gasteiger charge is -2.28. The highest BCUT2D eigenvalue weighted by molar-refractivity contribution is 7.89. The second-order valence-corrected chi connectivity index (χ2v) is 6.70. The van der Waals surface area contributed by atoms with Crippen LogP contribution in [-0.2, 0) is 10.0 Å². The molecule has 0 bridgehead atoms. The highest BCUT2D eigenvalue weighted by atomic mass is 32.2. The molecule has 1 saturated carbocycles. The van der Waals surface area contributed by atoms with Crippen molar-refractivity contribution >= 4 is 15.7 Å². The van der Waals surface area contributed by atoms with Crippen LogP contribution < -0.4 is 15.2 Å². The molecule has 112 valence electrons. The predicted octanol–water partition coefficient (Wildman–Crippen LogP) is 0.859. The Kier molecular flexibility index (Phi) is 4.52. The van der Waals surface area contributed by atoms with Crippen LogP contribution in [-0.4, -0.2) is 32.8 Å². The maximum absolute atomic E-state index is 12.3. The molecule has 0 radical (unpaired) electrons. The van der Waals surface area contributed by atoms with Crippen molar-refractivity contribution in [1.82, 2.24) is 4.72 Å². The molecule has 4 N–H and O–H groups in total. The number of rotatable bonds is 4. The van der Waals surface area contributed by atoms with Crippen LogP contribution >= 0.6 is 0 Å². The number of sulfonamides is 1. The van der Waals surface area contributed by atoms with Gasteiger partial charge in [0.05, 0.1) is 23.8 Å². The standard InChI is InChI=1S/C13H20N2O4S/c1-19-13-7-6-9(8-10(13)14)20(17,18)15-11-4-2-3-5-12(11)16/h6-8,11-12,15-16H,2-5,14H2,1H3. The zero-order valence-corrected chi connectivity index (χ0v) is 12.2. The number of ether oxygens (including phenoxy) is 1. The average Bonchev–Trinajstić information content (AvgIpc) is 2.41. The SMILES string of the molecule is COc1ccc(S(=O)(=O)NC2CCCCC2O)cc1N. The summed E-state index contributed by atoms with van der Waals surface area (Å²) in [6, 6.07) is 3.88. The molecule has 20 heavy (non-hydrogen) atoms. The van der Waals surface area contributed by atoms with Gasteiger partial charge in [-0.25, -0.2) is 13.1 Å². The van der Waals surface area contributed by atoms with Crippen LogP contribution in [0.2, 0.25) is 0 Å². The van der Waals surface area contributed by atoms with E-state index in [1.165, 1.54) is 25.3 Å². The fourth-order valence-electron chi connectivity index (χ4n) is 2.40. The van der Waals surface area contributed by atoms with Crippen LogP contribution in [0, 0.1) is 0 Å². The molecule has 1 aromatic rings. The summed E-state index contributed by atoms with van der Waals surface area (Å²) in [4.78, 5) is 0.0774. The molecule has 1 fully saturated rings. The van der Waals surface area contributed by atoms with E-state index in [0.29, 0.717) is 18.6 Å². The Morgan fingerprint density at radius 3 is 2.65 bits per heavy atom. The third-order valence-corrected chi connectivity index (χ3v) is 5.04. The Morgan fingerprint density at radius 1 is 1.35 bits per heavy atom. The minimum atomic E-state index is -3.69. The molecule has 1 aliphatic carbocycles. The van der Waals surface area contributed by atoms with Gasteiger partial charge in [0, 0.05) is 6.04 Å². The number of nitrogens with one attached hydrogen (secondary N) is 1. The number of methoxy groups -OCH3 is 1. The molecule has 0 spiro atoms. The van der Waals surface area contributed by atoms with Crippen molar-refractivity contribution in [3.8, 4) is 5.75 Å². The number of benzene rings is 1. The van der Waals surface area contributed by atoms with E-state index in [1.54, 1.807) is 0 Å². The number of aliphatic hydroxyl groups is 1. The average molecular weight is 300 g/mol. The second-order valence-electron chi connectivity index (χ2n) is 4.98. The number of aliphatic hydroxyl groups excluding tert-OH is 1. The molecule has 6 nitrogen and oxygen atoms in total. The van der Waals surface area contributed by atoms with Crippen molar-refractivity contribution in [3.05, 3.63) is 18.2 Å². The molecule has 1 aliphatic rings. The molecule has 2 atom stereocenters. The third-order valence-electron chi connectivity index (χ3n) is 3.55. The monoisotopic (exact) mass is 300 g/mol. The Bertz CT molecular complexity index is 574. The number of hydrogen-bond acceptors (Lipinski definition) is 5. The lowest BCUT2D eigenvalue weighted by Crippen LogP contribution is -2.44. The third kappa shape index (κ3) is 3.23. The Labute approximate surface area is 119 Å². The van der Waals surface area contributed by atoms with Gasteiger partial charge in [0.15, 0.2) is 0 Å². The first-order valence-electron chi connectivity index (χ1n) is 6.58. The van der Waals surface area contributed by atoms with E-state index < -0.39 is 22.2 Å². The normalized spacial score (nSPS) is 23.5. The minimum Gasteiger partial charge on any atom is -0.495 e. The van der Waals surface area contributed by atoms with Crippen molar-refractivity contribution in [3.63, 3.8) is 0 Å². The van der Waals surface area contributed by atoms with Gasteiger partial charge in [-0.1, -0.05) is 12.8 Å². The fraction of sp³-hybridized carbons (Fsp3) is 0.538.